The maximum atomic E-state index is 10.9. The molecular weight excluding hydrogens is 218 g/mol. The molecule has 80 valence electrons. The van der Waals surface area contributed by atoms with E-state index >= 15 is 0 Å². The molecule has 1 aliphatic heterocycles. The number of aromatic nitrogens is 2. The molecule has 6 heteroatoms. The average molecular weight is 228 g/mol. The van der Waals surface area contributed by atoms with E-state index in [1.165, 1.54) is 12.4 Å². The first-order valence-corrected chi connectivity index (χ1v) is 5.03. The van der Waals surface area contributed by atoms with Crippen LogP contribution < -0.4 is 4.90 Å². The van der Waals surface area contributed by atoms with Gasteiger partial charge in [0, 0.05) is 6.54 Å². The number of carboxylic acid groups (broad SMARTS) is 1. The molecule has 1 fully saturated rings. The molecule has 1 atom stereocenters. The van der Waals surface area contributed by atoms with Crippen LogP contribution in [0, 0.1) is 0 Å². The van der Waals surface area contributed by atoms with Gasteiger partial charge >= 0.3 is 5.97 Å². The molecule has 2 rings (SSSR count). The number of anilines is 1. The maximum absolute atomic E-state index is 10.9. The lowest BCUT2D eigenvalue weighted by atomic mass is 10.2. The summed E-state index contributed by atoms with van der Waals surface area (Å²) in [5.41, 5.74) is 0. The average Bonchev–Trinajstić information content (AvgIpc) is 2.67. The minimum Gasteiger partial charge on any atom is -0.480 e. The molecule has 0 unspecified atom stereocenters. The molecule has 1 N–H and O–H groups in total. The normalized spacial score (nSPS) is 20.6. The van der Waals surface area contributed by atoms with Crippen LogP contribution in [0.25, 0.3) is 0 Å². The first-order chi connectivity index (χ1) is 7.18. The van der Waals surface area contributed by atoms with Crippen LogP contribution >= 0.6 is 11.6 Å². The molecule has 0 aliphatic carbocycles. The highest BCUT2D eigenvalue weighted by Crippen LogP contribution is 2.22. The molecular formula is C9H10ClN3O2. The number of carbonyl (C=O) groups is 1. The Morgan fingerprint density at radius 1 is 1.53 bits per heavy atom. The quantitative estimate of drug-likeness (QED) is 0.822. The van der Waals surface area contributed by atoms with Gasteiger partial charge in [0.2, 0.25) is 5.95 Å². The highest BCUT2D eigenvalue weighted by molar-refractivity contribution is 6.30. The number of rotatable bonds is 2. The number of halogens is 1. The van der Waals surface area contributed by atoms with E-state index in [0.717, 1.165) is 6.42 Å². The van der Waals surface area contributed by atoms with Crippen LogP contribution in [-0.4, -0.2) is 33.6 Å². The van der Waals surface area contributed by atoms with E-state index in [2.05, 4.69) is 9.97 Å². The summed E-state index contributed by atoms with van der Waals surface area (Å²) in [6.07, 6.45) is 4.44. The van der Waals surface area contributed by atoms with E-state index in [1.54, 1.807) is 4.90 Å². The molecule has 5 nitrogen and oxygen atoms in total. The molecule has 2 heterocycles. The van der Waals surface area contributed by atoms with Crippen LogP contribution in [0.1, 0.15) is 12.8 Å². The lowest BCUT2D eigenvalue weighted by Crippen LogP contribution is -2.36. The first kappa shape index (κ1) is 10.2. The highest BCUT2D eigenvalue weighted by Gasteiger charge is 2.31. The molecule has 1 aliphatic rings. The third-order valence-electron chi connectivity index (χ3n) is 2.40. The van der Waals surface area contributed by atoms with Crippen molar-refractivity contribution in [2.45, 2.75) is 18.9 Å². The summed E-state index contributed by atoms with van der Waals surface area (Å²) in [5, 5.41) is 9.43. The Kier molecular flexibility index (Phi) is 2.73. The second kappa shape index (κ2) is 4.02. The third kappa shape index (κ3) is 2.02. The maximum Gasteiger partial charge on any atom is 0.326 e. The van der Waals surface area contributed by atoms with E-state index in [-0.39, 0.29) is 0 Å². The van der Waals surface area contributed by atoms with Crippen molar-refractivity contribution in [2.75, 3.05) is 11.4 Å². The summed E-state index contributed by atoms with van der Waals surface area (Å²) in [5.74, 6) is -0.393. The van der Waals surface area contributed by atoms with Gasteiger partial charge in [0.15, 0.2) is 0 Å². The SMILES string of the molecule is O=C(O)[C@H]1CCCN1c1ncc(Cl)cn1. The van der Waals surface area contributed by atoms with Crippen molar-refractivity contribution in [1.29, 1.82) is 0 Å². The van der Waals surface area contributed by atoms with Crippen molar-refractivity contribution in [2.24, 2.45) is 0 Å². The third-order valence-corrected chi connectivity index (χ3v) is 2.60. The van der Waals surface area contributed by atoms with Gasteiger partial charge in [0.25, 0.3) is 0 Å². The Morgan fingerprint density at radius 2 is 2.20 bits per heavy atom. The van der Waals surface area contributed by atoms with E-state index < -0.39 is 12.0 Å². The molecule has 1 aromatic rings. The zero-order valence-corrected chi connectivity index (χ0v) is 8.68. The minimum absolute atomic E-state index is 0.435. The predicted octanol–water partition coefficient (Wildman–Crippen LogP) is 1.18. The Hall–Kier alpha value is -1.36. The van der Waals surface area contributed by atoms with Gasteiger partial charge in [-0.3, -0.25) is 0 Å². The summed E-state index contributed by atoms with van der Waals surface area (Å²) in [6, 6.07) is -0.508. The minimum atomic E-state index is -0.828. The van der Waals surface area contributed by atoms with Crippen LogP contribution in [0.5, 0.6) is 0 Å². The molecule has 0 amide bonds. The van der Waals surface area contributed by atoms with Crippen molar-refractivity contribution >= 4 is 23.5 Å². The molecule has 15 heavy (non-hydrogen) atoms. The Bertz CT molecular complexity index is 368. The van der Waals surface area contributed by atoms with Gasteiger partial charge < -0.3 is 10.0 Å². The van der Waals surface area contributed by atoms with Crippen LogP contribution in [-0.2, 0) is 4.79 Å². The topological polar surface area (TPSA) is 66.3 Å². The smallest absolute Gasteiger partial charge is 0.326 e. The number of nitrogens with zero attached hydrogens (tertiary/aromatic N) is 3. The zero-order chi connectivity index (χ0) is 10.8. The molecule has 1 saturated heterocycles. The number of hydrogen-bond acceptors (Lipinski definition) is 4. The van der Waals surface area contributed by atoms with E-state index in [9.17, 15) is 4.79 Å². The van der Waals surface area contributed by atoms with Crippen molar-refractivity contribution in [3.8, 4) is 0 Å². The summed E-state index contributed by atoms with van der Waals surface area (Å²) < 4.78 is 0. The van der Waals surface area contributed by atoms with Gasteiger partial charge in [-0.25, -0.2) is 14.8 Å². The molecule has 0 saturated carbocycles. The Balaban J connectivity index is 2.22. The summed E-state index contributed by atoms with van der Waals surface area (Å²) in [6.45, 7) is 0.679. The van der Waals surface area contributed by atoms with E-state index in [0.29, 0.717) is 23.9 Å². The summed E-state index contributed by atoms with van der Waals surface area (Å²) in [4.78, 5) is 20.6. The van der Waals surface area contributed by atoms with Gasteiger partial charge in [0.1, 0.15) is 6.04 Å². The van der Waals surface area contributed by atoms with Crippen molar-refractivity contribution < 1.29 is 9.90 Å². The fraction of sp³-hybridized carbons (Fsp3) is 0.444. The second-order valence-corrected chi connectivity index (χ2v) is 3.83. The fourth-order valence-electron chi connectivity index (χ4n) is 1.72. The van der Waals surface area contributed by atoms with Gasteiger partial charge in [-0.15, -0.1) is 0 Å². The van der Waals surface area contributed by atoms with E-state index in [1.807, 2.05) is 0 Å². The van der Waals surface area contributed by atoms with Crippen LogP contribution in [0.15, 0.2) is 12.4 Å². The predicted molar refractivity (Wildman–Crippen MR) is 55.0 cm³/mol. The van der Waals surface area contributed by atoms with E-state index in [4.69, 9.17) is 16.7 Å². The Morgan fingerprint density at radius 3 is 2.80 bits per heavy atom. The van der Waals surface area contributed by atoms with Gasteiger partial charge in [-0.05, 0) is 12.8 Å². The van der Waals surface area contributed by atoms with Crippen LogP contribution in [0.2, 0.25) is 5.02 Å². The van der Waals surface area contributed by atoms with Crippen molar-refractivity contribution in [3.05, 3.63) is 17.4 Å². The lowest BCUT2D eigenvalue weighted by Gasteiger charge is -2.20. The number of hydrogen-bond donors (Lipinski definition) is 1. The first-order valence-electron chi connectivity index (χ1n) is 4.65. The van der Waals surface area contributed by atoms with Crippen LogP contribution in [0.4, 0.5) is 5.95 Å². The molecule has 1 aromatic heterocycles. The summed E-state index contributed by atoms with van der Waals surface area (Å²) in [7, 11) is 0. The van der Waals surface area contributed by atoms with Gasteiger partial charge in [-0.1, -0.05) is 11.6 Å². The second-order valence-electron chi connectivity index (χ2n) is 3.39. The monoisotopic (exact) mass is 227 g/mol. The van der Waals surface area contributed by atoms with Gasteiger partial charge in [0.05, 0.1) is 17.4 Å². The molecule has 0 aromatic carbocycles. The Labute approximate surface area is 91.7 Å². The molecule has 0 bridgehead atoms. The molecule has 0 spiro atoms. The molecule has 0 radical (unpaired) electrons. The lowest BCUT2D eigenvalue weighted by molar-refractivity contribution is -0.138. The standard InChI is InChI=1S/C9H10ClN3O2/c10-6-4-11-9(12-5-6)13-3-1-2-7(13)8(14)15/h4-5,7H,1-3H2,(H,14,15)/t7-/m1/s1. The number of carboxylic acids is 1. The van der Waals surface area contributed by atoms with Crippen molar-refractivity contribution in [3.63, 3.8) is 0 Å². The van der Waals surface area contributed by atoms with Gasteiger partial charge in [-0.2, -0.15) is 0 Å². The zero-order valence-electron chi connectivity index (χ0n) is 7.93. The summed E-state index contributed by atoms with van der Waals surface area (Å²) >= 11 is 5.66. The largest absolute Gasteiger partial charge is 0.480 e. The fourth-order valence-corrected chi connectivity index (χ4v) is 1.81. The van der Waals surface area contributed by atoms with Crippen molar-refractivity contribution in [1.82, 2.24) is 9.97 Å². The van der Waals surface area contributed by atoms with Crippen LogP contribution in [0.3, 0.4) is 0 Å². The number of aliphatic carboxylic acids is 1. The highest BCUT2D eigenvalue weighted by atomic mass is 35.5.